The van der Waals surface area contributed by atoms with E-state index >= 15 is 0 Å². The lowest BCUT2D eigenvalue weighted by atomic mass is 9.62. The standard InChI is InChI=1S/C17H32O/c1-12-7-15-8-13(2)10-17(9-12,11-15)18-14(3)16(4,5)6/h12-15H,7-11H2,1-6H3. The van der Waals surface area contributed by atoms with Crippen molar-refractivity contribution in [1.29, 1.82) is 0 Å². The second-order valence-corrected chi connectivity index (χ2v) is 8.47. The third-order valence-electron chi connectivity index (χ3n) is 5.22. The van der Waals surface area contributed by atoms with E-state index in [0.717, 1.165) is 17.8 Å². The van der Waals surface area contributed by atoms with E-state index in [2.05, 4.69) is 41.5 Å². The van der Waals surface area contributed by atoms with Crippen LogP contribution in [-0.4, -0.2) is 11.7 Å². The summed E-state index contributed by atoms with van der Waals surface area (Å²) in [5, 5.41) is 0. The number of rotatable bonds is 2. The molecule has 1 heteroatoms. The first-order valence-electron chi connectivity index (χ1n) is 7.88. The van der Waals surface area contributed by atoms with E-state index in [4.69, 9.17) is 4.74 Å². The Balaban J connectivity index is 2.11. The molecule has 0 aliphatic heterocycles. The fourth-order valence-electron chi connectivity index (χ4n) is 4.31. The van der Waals surface area contributed by atoms with Gasteiger partial charge in [-0.2, -0.15) is 0 Å². The Bertz CT molecular complexity index is 269. The number of hydrogen-bond acceptors (Lipinski definition) is 1. The van der Waals surface area contributed by atoms with E-state index in [-0.39, 0.29) is 11.0 Å². The van der Waals surface area contributed by atoms with Crippen molar-refractivity contribution >= 4 is 0 Å². The molecular weight excluding hydrogens is 220 g/mol. The lowest BCUT2D eigenvalue weighted by Gasteiger charge is -2.52. The predicted octanol–water partition coefficient (Wildman–Crippen LogP) is 5.04. The summed E-state index contributed by atoms with van der Waals surface area (Å²) in [4.78, 5) is 0. The fourth-order valence-corrected chi connectivity index (χ4v) is 4.31. The summed E-state index contributed by atoms with van der Waals surface area (Å²) in [7, 11) is 0. The van der Waals surface area contributed by atoms with Crippen LogP contribution in [0.25, 0.3) is 0 Å². The summed E-state index contributed by atoms with van der Waals surface area (Å²) in [6.07, 6.45) is 7.11. The van der Waals surface area contributed by atoms with Crippen LogP contribution in [0.2, 0.25) is 0 Å². The van der Waals surface area contributed by atoms with Crippen LogP contribution in [0.1, 0.15) is 73.6 Å². The summed E-state index contributed by atoms with van der Waals surface area (Å²) in [5.74, 6) is 2.62. The van der Waals surface area contributed by atoms with Gasteiger partial charge >= 0.3 is 0 Å². The molecule has 106 valence electrons. The minimum absolute atomic E-state index is 0.201. The Labute approximate surface area is 114 Å². The Morgan fingerprint density at radius 3 is 1.94 bits per heavy atom. The van der Waals surface area contributed by atoms with Gasteiger partial charge in [-0.05, 0) is 62.2 Å². The second-order valence-electron chi connectivity index (χ2n) is 8.47. The molecule has 0 N–H and O–H groups in total. The van der Waals surface area contributed by atoms with Gasteiger partial charge < -0.3 is 4.74 Å². The molecule has 0 radical (unpaired) electrons. The minimum atomic E-state index is 0.201. The van der Waals surface area contributed by atoms with Crippen LogP contribution in [0.4, 0.5) is 0 Å². The Morgan fingerprint density at radius 2 is 1.50 bits per heavy atom. The highest BCUT2D eigenvalue weighted by Crippen LogP contribution is 2.50. The monoisotopic (exact) mass is 252 g/mol. The highest BCUT2D eigenvalue weighted by molar-refractivity contribution is 4.97. The molecule has 2 aliphatic rings. The van der Waals surface area contributed by atoms with E-state index < -0.39 is 0 Å². The van der Waals surface area contributed by atoms with Crippen molar-refractivity contribution in [2.45, 2.75) is 85.4 Å². The zero-order valence-corrected chi connectivity index (χ0v) is 13.3. The van der Waals surface area contributed by atoms with Gasteiger partial charge in [0.1, 0.15) is 0 Å². The van der Waals surface area contributed by atoms with Gasteiger partial charge in [0.25, 0.3) is 0 Å². The maximum Gasteiger partial charge on any atom is 0.0694 e. The van der Waals surface area contributed by atoms with Gasteiger partial charge in [-0.1, -0.05) is 34.6 Å². The third-order valence-corrected chi connectivity index (χ3v) is 5.22. The van der Waals surface area contributed by atoms with E-state index in [1.165, 1.54) is 32.1 Å². The van der Waals surface area contributed by atoms with Gasteiger partial charge in [0.2, 0.25) is 0 Å². The van der Waals surface area contributed by atoms with Crippen molar-refractivity contribution in [3.8, 4) is 0 Å². The molecule has 0 spiro atoms. The number of hydrogen-bond donors (Lipinski definition) is 0. The third kappa shape index (κ3) is 3.10. The van der Waals surface area contributed by atoms with Crippen LogP contribution in [0, 0.1) is 23.2 Å². The summed E-state index contributed by atoms with van der Waals surface area (Å²) in [6.45, 7) is 14.0. The van der Waals surface area contributed by atoms with Crippen molar-refractivity contribution in [2.75, 3.05) is 0 Å². The van der Waals surface area contributed by atoms with Gasteiger partial charge in [0.15, 0.2) is 0 Å². The van der Waals surface area contributed by atoms with Crippen LogP contribution < -0.4 is 0 Å². The summed E-state index contributed by atoms with van der Waals surface area (Å²) in [5.41, 5.74) is 0.457. The molecule has 2 bridgehead atoms. The van der Waals surface area contributed by atoms with Gasteiger partial charge in [-0.25, -0.2) is 0 Å². The van der Waals surface area contributed by atoms with E-state index in [9.17, 15) is 0 Å². The SMILES string of the molecule is CC1CC2CC(C)CC(OC(C)C(C)(C)C)(C1)C2. The minimum Gasteiger partial charge on any atom is -0.371 e. The summed E-state index contributed by atoms with van der Waals surface area (Å²) < 4.78 is 6.65. The average Bonchev–Trinajstić information content (AvgIpc) is 2.11. The largest absolute Gasteiger partial charge is 0.371 e. The zero-order chi connectivity index (χ0) is 13.6. The zero-order valence-electron chi connectivity index (χ0n) is 13.3. The van der Waals surface area contributed by atoms with Crippen LogP contribution in [-0.2, 0) is 4.74 Å². The van der Waals surface area contributed by atoms with E-state index in [1.807, 2.05) is 0 Å². The first-order chi connectivity index (χ1) is 8.20. The molecule has 3 atom stereocenters. The molecule has 0 amide bonds. The lowest BCUT2D eigenvalue weighted by Crippen LogP contribution is -2.49. The molecule has 0 aromatic heterocycles. The molecular formula is C17H32O. The number of fused-ring (bicyclic) bond motifs is 2. The highest BCUT2D eigenvalue weighted by atomic mass is 16.5. The topological polar surface area (TPSA) is 9.23 Å². The van der Waals surface area contributed by atoms with Crippen LogP contribution in [0.3, 0.4) is 0 Å². The van der Waals surface area contributed by atoms with Crippen LogP contribution in [0.15, 0.2) is 0 Å². The van der Waals surface area contributed by atoms with Gasteiger partial charge in [0, 0.05) is 0 Å². The molecule has 0 aromatic rings. The molecule has 2 fully saturated rings. The number of ether oxygens (including phenoxy) is 1. The Morgan fingerprint density at radius 1 is 1.00 bits per heavy atom. The highest BCUT2D eigenvalue weighted by Gasteiger charge is 2.46. The van der Waals surface area contributed by atoms with Crippen molar-refractivity contribution in [1.82, 2.24) is 0 Å². The molecule has 18 heavy (non-hydrogen) atoms. The molecule has 2 saturated carbocycles. The molecule has 0 heterocycles. The fraction of sp³-hybridized carbons (Fsp3) is 1.00. The van der Waals surface area contributed by atoms with Crippen molar-refractivity contribution in [2.24, 2.45) is 23.2 Å². The first-order valence-corrected chi connectivity index (χ1v) is 7.88. The summed E-state index contributed by atoms with van der Waals surface area (Å²) >= 11 is 0. The van der Waals surface area contributed by atoms with E-state index in [1.54, 1.807) is 0 Å². The molecule has 2 rings (SSSR count). The van der Waals surface area contributed by atoms with Gasteiger partial charge in [-0.3, -0.25) is 0 Å². The molecule has 2 aliphatic carbocycles. The Kier molecular flexibility index (Phi) is 3.84. The maximum atomic E-state index is 6.65. The lowest BCUT2D eigenvalue weighted by molar-refractivity contribution is -0.179. The Hall–Kier alpha value is -0.0400. The summed E-state index contributed by atoms with van der Waals surface area (Å²) in [6, 6.07) is 0. The normalized spacial score (nSPS) is 42.7. The predicted molar refractivity (Wildman–Crippen MR) is 77.6 cm³/mol. The van der Waals surface area contributed by atoms with Crippen molar-refractivity contribution < 1.29 is 4.74 Å². The quantitative estimate of drug-likeness (QED) is 0.669. The van der Waals surface area contributed by atoms with Gasteiger partial charge in [-0.15, -0.1) is 0 Å². The molecule has 3 unspecified atom stereocenters. The van der Waals surface area contributed by atoms with Crippen molar-refractivity contribution in [3.05, 3.63) is 0 Å². The second kappa shape index (κ2) is 4.81. The van der Waals surface area contributed by atoms with Crippen molar-refractivity contribution in [3.63, 3.8) is 0 Å². The van der Waals surface area contributed by atoms with Crippen LogP contribution in [0.5, 0.6) is 0 Å². The average molecular weight is 252 g/mol. The maximum absolute atomic E-state index is 6.65. The van der Waals surface area contributed by atoms with Gasteiger partial charge in [0.05, 0.1) is 11.7 Å². The molecule has 0 saturated heterocycles. The molecule has 1 nitrogen and oxygen atoms in total. The van der Waals surface area contributed by atoms with Crippen LogP contribution >= 0.6 is 0 Å². The van der Waals surface area contributed by atoms with E-state index in [0.29, 0.717) is 6.10 Å². The smallest absolute Gasteiger partial charge is 0.0694 e. The molecule has 0 aromatic carbocycles. The first kappa shape index (κ1) is 14.4.